The lowest BCUT2D eigenvalue weighted by molar-refractivity contribution is -0.130. The molecule has 2 aliphatic heterocycles. The summed E-state index contributed by atoms with van der Waals surface area (Å²) in [5.74, 6) is 1.12. The molecule has 0 spiro atoms. The first-order valence-corrected chi connectivity index (χ1v) is 7.11. The van der Waals surface area contributed by atoms with Crippen molar-refractivity contribution in [1.29, 1.82) is 0 Å². The Bertz CT molecular complexity index is 273. The Balaban J connectivity index is 1.73. The summed E-state index contributed by atoms with van der Waals surface area (Å²) in [7, 11) is 0. The molecular weight excluding hydrogens is 212 g/mol. The van der Waals surface area contributed by atoms with E-state index in [9.17, 15) is 4.79 Å². The van der Waals surface area contributed by atoms with Crippen LogP contribution in [-0.4, -0.2) is 37.0 Å². The quantitative estimate of drug-likeness (QED) is 0.812. The van der Waals surface area contributed by atoms with Gasteiger partial charge < -0.3 is 10.2 Å². The number of rotatable bonds is 4. The van der Waals surface area contributed by atoms with Crippen molar-refractivity contribution in [2.24, 2.45) is 11.3 Å². The molecule has 2 aliphatic rings. The van der Waals surface area contributed by atoms with Crippen LogP contribution < -0.4 is 5.32 Å². The zero-order valence-electron chi connectivity index (χ0n) is 11.3. The molecule has 2 fully saturated rings. The summed E-state index contributed by atoms with van der Waals surface area (Å²) in [4.78, 5) is 14.2. The van der Waals surface area contributed by atoms with E-state index < -0.39 is 0 Å². The molecule has 0 aromatic rings. The highest BCUT2D eigenvalue weighted by atomic mass is 16.2. The van der Waals surface area contributed by atoms with E-state index in [1.807, 2.05) is 0 Å². The highest BCUT2D eigenvalue weighted by molar-refractivity contribution is 5.76. The van der Waals surface area contributed by atoms with Crippen LogP contribution >= 0.6 is 0 Å². The zero-order valence-corrected chi connectivity index (χ0v) is 11.3. The van der Waals surface area contributed by atoms with Gasteiger partial charge >= 0.3 is 0 Å². The van der Waals surface area contributed by atoms with Crippen molar-refractivity contribution in [2.45, 2.75) is 46.0 Å². The maximum Gasteiger partial charge on any atom is 0.222 e. The van der Waals surface area contributed by atoms with Crippen molar-refractivity contribution >= 4 is 5.91 Å². The summed E-state index contributed by atoms with van der Waals surface area (Å²) >= 11 is 0. The van der Waals surface area contributed by atoms with Gasteiger partial charge in [-0.3, -0.25) is 4.79 Å². The van der Waals surface area contributed by atoms with Crippen LogP contribution in [0, 0.1) is 11.3 Å². The van der Waals surface area contributed by atoms with Gasteiger partial charge in [0.15, 0.2) is 0 Å². The summed E-state index contributed by atoms with van der Waals surface area (Å²) in [5, 5.41) is 3.36. The molecular formula is C14H26N2O. The average molecular weight is 238 g/mol. The second-order valence-corrected chi connectivity index (χ2v) is 6.13. The monoisotopic (exact) mass is 238 g/mol. The normalized spacial score (nSPS) is 33.3. The lowest BCUT2D eigenvalue weighted by atomic mass is 9.87. The Hall–Kier alpha value is -0.570. The molecule has 0 saturated carbocycles. The number of hydrogen-bond donors (Lipinski definition) is 1. The van der Waals surface area contributed by atoms with Crippen LogP contribution in [0.25, 0.3) is 0 Å². The fraction of sp³-hybridized carbons (Fsp3) is 0.929. The first-order chi connectivity index (χ1) is 8.13. The maximum atomic E-state index is 12.1. The minimum absolute atomic E-state index is 0.380. The number of carbonyl (C=O) groups is 1. The molecule has 3 heteroatoms. The Kier molecular flexibility index (Phi) is 4.08. The van der Waals surface area contributed by atoms with Crippen molar-refractivity contribution in [3.63, 3.8) is 0 Å². The van der Waals surface area contributed by atoms with Crippen molar-refractivity contribution in [2.75, 3.05) is 26.2 Å². The van der Waals surface area contributed by atoms with Gasteiger partial charge in [0.1, 0.15) is 0 Å². The van der Waals surface area contributed by atoms with E-state index in [0.717, 1.165) is 44.9 Å². The maximum absolute atomic E-state index is 12.1. The fourth-order valence-electron chi connectivity index (χ4n) is 2.97. The van der Waals surface area contributed by atoms with Crippen LogP contribution in [0.4, 0.5) is 0 Å². The third kappa shape index (κ3) is 3.21. The van der Waals surface area contributed by atoms with E-state index in [4.69, 9.17) is 0 Å². The predicted molar refractivity (Wildman–Crippen MR) is 69.8 cm³/mol. The molecule has 0 aliphatic carbocycles. The van der Waals surface area contributed by atoms with Crippen molar-refractivity contribution in [3.8, 4) is 0 Å². The molecule has 2 atom stereocenters. The van der Waals surface area contributed by atoms with Gasteiger partial charge in [-0.2, -0.15) is 0 Å². The van der Waals surface area contributed by atoms with Crippen LogP contribution in [0.3, 0.4) is 0 Å². The van der Waals surface area contributed by atoms with Gasteiger partial charge in [0.25, 0.3) is 0 Å². The molecule has 2 heterocycles. The third-order valence-electron chi connectivity index (χ3n) is 4.69. The van der Waals surface area contributed by atoms with E-state index in [0.29, 0.717) is 11.3 Å². The Morgan fingerprint density at radius 2 is 2.35 bits per heavy atom. The molecule has 3 nitrogen and oxygen atoms in total. The lowest BCUT2D eigenvalue weighted by Crippen LogP contribution is -2.31. The van der Waals surface area contributed by atoms with E-state index in [1.54, 1.807) is 0 Å². The molecule has 2 unspecified atom stereocenters. The second kappa shape index (κ2) is 5.38. The lowest BCUT2D eigenvalue weighted by Gasteiger charge is -2.23. The summed E-state index contributed by atoms with van der Waals surface area (Å²) in [6.45, 7) is 8.74. The topological polar surface area (TPSA) is 32.3 Å². The second-order valence-electron chi connectivity index (χ2n) is 6.13. The summed E-state index contributed by atoms with van der Waals surface area (Å²) < 4.78 is 0. The van der Waals surface area contributed by atoms with Gasteiger partial charge in [0.05, 0.1) is 0 Å². The minimum atomic E-state index is 0.380. The first kappa shape index (κ1) is 12.9. The van der Waals surface area contributed by atoms with Gasteiger partial charge in [-0.15, -0.1) is 0 Å². The Labute approximate surface area is 105 Å². The number of carbonyl (C=O) groups excluding carboxylic acids is 1. The zero-order chi connectivity index (χ0) is 12.3. The van der Waals surface area contributed by atoms with E-state index in [2.05, 4.69) is 24.1 Å². The standard InChI is InChI=1S/C14H26N2O/c1-3-14(2)7-9-16(11-14)13(17)5-4-12-6-8-15-10-12/h12,15H,3-11H2,1-2H3. The highest BCUT2D eigenvalue weighted by Gasteiger charge is 2.34. The number of amides is 1. The van der Waals surface area contributed by atoms with Crippen LogP contribution in [0.1, 0.15) is 46.0 Å². The van der Waals surface area contributed by atoms with Gasteiger partial charge in [0.2, 0.25) is 5.91 Å². The number of likely N-dealkylation sites (tertiary alicyclic amines) is 1. The molecule has 0 radical (unpaired) electrons. The number of nitrogens with one attached hydrogen (secondary N) is 1. The minimum Gasteiger partial charge on any atom is -0.342 e. The molecule has 98 valence electrons. The number of nitrogens with zero attached hydrogens (tertiary/aromatic N) is 1. The molecule has 0 aromatic carbocycles. The van der Waals surface area contributed by atoms with Crippen LogP contribution in [0.15, 0.2) is 0 Å². The van der Waals surface area contributed by atoms with E-state index in [-0.39, 0.29) is 0 Å². The van der Waals surface area contributed by atoms with Gasteiger partial charge in [-0.1, -0.05) is 13.8 Å². The Morgan fingerprint density at radius 1 is 1.53 bits per heavy atom. The molecule has 17 heavy (non-hydrogen) atoms. The van der Waals surface area contributed by atoms with E-state index in [1.165, 1.54) is 19.3 Å². The molecule has 0 bridgehead atoms. The third-order valence-corrected chi connectivity index (χ3v) is 4.69. The molecule has 2 rings (SSSR count). The summed E-state index contributed by atoms with van der Waals surface area (Å²) in [6.07, 6.45) is 5.45. The first-order valence-electron chi connectivity index (χ1n) is 7.11. The Morgan fingerprint density at radius 3 is 2.94 bits per heavy atom. The van der Waals surface area contributed by atoms with Crippen LogP contribution in [-0.2, 0) is 4.79 Å². The average Bonchev–Trinajstić information content (AvgIpc) is 2.96. The molecule has 1 N–H and O–H groups in total. The van der Waals surface area contributed by atoms with E-state index >= 15 is 0 Å². The van der Waals surface area contributed by atoms with Crippen LogP contribution in [0.5, 0.6) is 0 Å². The summed E-state index contributed by atoms with van der Waals surface area (Å²) in [6, 6.07) is 0. The highest BCUT2D eigenvalue weighted by Crippen LogP contribution is 2.33. The predicted octanol–water partition coefficient (Wildman–Crippen LogP) is 2.02. The molecule has 2 saturated heterocycles. The van der Waals surface area contributed by atoms with Crippen molar-refractivity contribution in [1.82, 2.24) is 10.2 Å². The summed E-state index contributed by atoms with van der Waals surface area (Å²) in [5.41, 5.74) is 0.380. The van der Waals surface area contributed by atoms with Gasteiger partial charge in [-0.05, 0) is 50.1 Å². The van der Waals surface area contributed by atoms with Gasteiger partial charge in [-0.25, -0.2) is 0 Å². The largest absolute Gasteiger partial charge is 0.342 e. The van der Waals surface area contributed by atoms with Gasteiger partial charge in [0, 0.05) is 19.5 Å². The van der Waals surface area contributed by atoms with Crippen molar-refractivity contribution in [3.05, 3.63) is 0 Å². The molecule has 0 aromatic heterocycles. The SMILES string of the molecule is CCC1(C)CCN(C(=O)CCC2CCNC2)C1. The fourth-order valence-corrected chi connectivity index (χ4v) is 2.97. The van der Waals surface area contributed by atoms with Crippen molar-refractivity contribution < 1.29 is 4.79 Å². The number of hydrogen-bond acceptors (Lipinski definition) is 2. The molecule has 1 amide bonds. The van der Waals surface area contributed by atoms with Crippen LogP contribution in [0.2, 0.25) is 0 Å². The smallest absolute Gasteiger partial charge is 0.222 e.